The maximum atomic E-state index is 12.2. The minimum absolute atomic E-state index is 0.0576. The molecule has 0 spiro atoms. The van der Waals surface area contributed by atoms with Gasteiger partial charge in [-0.2, -0.15) is 5.26 Å². The van der Waals surface area contributed by atoms with E-state index in [0.717, 1.165) is 5.56 Å². The molecule has 0 bridgehead atoms. The Bertz CT molecular complexity index is 710. The zero-order chi connectivity index (χ0) is 18.7. The molecule has 6 heteroatoms. The van der Waals surface area contributed by atoms with E-state index in [1.165, 1.54) is 12.8 Å². The molecule has 3 unspecified atom stereocenters. The summed E-state index contributed by atoms with van der Waals surface area (Å²) >= 11 is 0. The average molecular weight is 358 g/mol. The lowest BCUT2D eigenvalue weighted by Crippen LogP contribution is -2.47. The molecule has 2 N–H and O–H groups in total. The molecule has 3 atom stereocenters. The van der Waals surface area contributed by atoms with E-state index in [1.807, 2.05) is 12.1 Å². The Hall–Kier alpha value is -2.26. The van der Waals surface area contributed by atoms with Crippen LogP contribution in [-0.4, -0.2) is 32.8 Å². The van der Waals surface area contributed by atoms with E-state index in [4.69, 9.17) is 19.9 Å². The van der Waals surface area contributed by atoms with Gasteiger partial charge in [-0.15, -0.1) is 0 Å². The van der Waals surface area contributed by atoms with Gasteiger partial charge < -0.3 is 19.9 Å². The van der Waals surface area contributed by atoms with Crippen molar-refractivity contribution in [1.29, 1.82) is 5.26 Å². The van der Waals surface area contributed by atoms with Crippen molar-refractivity contribution in [3.63, 3.8) is 0 Å². The normalized spacial score (nSPS) is 28.2. The highest BCUT2D eigenvalue weighted by atomic mass is 16.5. The van der Waals surface area contributed by atoms with Crippen LogP contribution in [0, 0.1) is 23.2 Å². The Labute approximate surface area is 154 Å². The van der Waals surface area contributed by atoms with E-state index in [1.54, 1.807) is 20.3 Å². The molecule has 140 valence electrons. The Balaban J connectivity index is 1.96. The number of nitrogens with two attached hydrogens (primary N) is 1. The molecule has 1 aromatic carbocycles. The van der Waals surface area contributed by atoms with Gasteiger partial charge in [0.05, 0.1) is 37.2 Å². The number of primary amides is 1. The second-order valence-corrected chi connectivity index (χ2v) is 7.29. The van der Waals surface area contributed by atoms with E-state index in [9.17, 15) is 10.1 Å². The molecule has 2 fully saturated rings. The molecule has 2 saturated carbocycles. The maximum Gasteiger partial charge on any atom is 0.222 e. The van der Waals surface area contributed by atoms with Crippen LogP contribution in [-0.2, 0) is 14.9 Å². The lowest BCUT2D eigenvalue weighted by atomic mass is 9.62. The number of benzene rings is 1. The van der Waals surface area contributed by atoms with Crippen molar-refractivity contribution in [3.8, 4) is 17.6 Å². The number of nitriles is 1. The Kier molecular flexibility index (Phi) is 5.38. The fourth-order valence-electron chi connectivity index (χ4n) is 3.82. The molecule has 3 rings (SSSR count). The molecule has 0 aliphatic heterocycles. The number of rotatable bonds is 7. The van der Waals surface area contributed by atoms with Crippen molar-refractivity contribution in [2.45, 2.75) is 43.6 Å². The van der Waals surface area contributed by atoms with Gasteiger partial charge in [0, 0.05) is 7.11 Å². The molecule has 2 aliphatic carbocycles. The number of hydrogen-bond donors (Lipinski definition) is 1. The molecule has 0 heterocycles. The highest BCUT2D eigenvalue weighted by Crippen LogP contribution is 2.46. The standard InChI is InChI=1S/C20H26N2O4/c1-24-15-7-8-20(12-21,16(10-15)19(22)23)14-5-6-17(25-2)18(9-14)26-11-13-3-4-13/h5-6,9,13,15-16H,3-4,7-8,10-11H2,1-2H3,(H2,22,23). The molecular weight excluding hydrogens is 332 g/mol. The first kappa shape index (κ1) is 18.5. The van der Waals surface area contributed by atoms with Crippen LogP contribution < -0.4 is 15.2 Å². The number of carbonyl (C=O) groups excluding carboxylic acids is 1. The van der Waals surface area contributed by atoms with Gasteiger partial charge in [-0.05, 0) is 55.7 Å². The first-order chi connectivity index (χ1) is 12.5. The molecular formula is C20H26N2O4. The van der Waals surface area contributed by atoms with E-state index in [-0.39, 0.29) is 6.10 Å². The lowest BCUT2D eigenvalue weighted by molar-refractivity contribution is -0.126. The van der Waals surface area contributed by atoms with Gasteiger partial charge >= 0.3 is 0 Å². The molecule has 0 aromatic heterocycles. The van der Waals surface area contributed by atoms with Crippen LogP contribution in [0.3, 0.4) is 0 Å². The number of amides is 1. The topological polar surface area (TPSA) is 94.6 Å². The second-order valence-electron chi connectivity index (χ2n) is 7.29. The van der Waals surface area contributed by atoms with E-state index < -0.39 is 17.2 Å². The van der Waals surface area contributed by atoms with E-state index >= 15 is 0 Å². The van der Waals surface area contributed by atoms with Crippen LogP contribution in [0.5, 0.6) is 11.5 Å². The smallest absolute Gasteiger partial charge is 0.222 e. The number of hydrogen-bond acceptors (Lipinski definition) is 5. The van der Waals surface area contributed by atoms with Gasteiger partial charge in [0.1, 0.15) is 0 Å². The zero-order valence-corrected chi connectivity index (χ0v) is 15.4. The molecule has 0 radical (unpaired) electrons. The molecule has 26 heavy (non-hydrogen) atoms. The number of ether oxygens (including phenoxy) is 3. The number of methoxy groups -OCH3 is 2. The minimum atomic E-state index is -0.967. The summed E-state index contributed by atoms with van der Waals surface area (Å²) < 4.78 is 16.7. The van der Waals surface area contributed by atoms with Crippen LogP contribution in [0.2, 0.25) is 0 Å². The van der Waals surface area contributed by atoms with Crippen LogP contribution in [0.1, 0.15) is 37.7 Å². The van der Waals surface area contributed by atoms with Crippen LogP contribution in [0.4, 0.5) is 0 Å². The Morgan fingerprint density at radius 2 is 2.08 bits per heavy atom. The van der Waals surface area contributed by atoms with Crippen molar-refractivity contribution in [2.75, 3.05) is 20.8 Å². The molecule has 1 aromatic rings. The quantitative estimate of drug-likeness (QED) is 0.808. The number of nitrogens with zero attached hydrogens (tertiary/aromatic N) is 1. The summed E-state index contributed by atoms with van der Waals surface area (Å²) in [5.74, 6) is 0.775. The van der Waals surface area contributed by atoms with Gasteiger partial charge in [0.15, 0.2) is 11.5 Å². The van der Waals surface area contributed by atoms with Gasteiger partial charge in [-0.25, -0.2) is 0 Å². The summed E-state index contributed by atoms with van der Waals surface area (Å²) in [5, 5.41) is 10.0. The summed E-state index contributed by atoms with van der Waals surface area (Å²) in [6.45, 7) is 0.643. The highest BCUT2D eigenvalue weighted by Gasteiger charge is 2.48. The third-order valence-electron chi connectivity index (χ3n) is 5.68. The lowest BCUT2D eigenvalue weighted by Gasteiger charge is -2.40. The van der Waals surface area contributed by atoms with Gasteiger partial charge in [0.2, 0.25) is 5.91 Å². The Morgan fingerprint density at radius 1 is 1.31 bits per heavy atom. The van der Waals surface area contributed by atoms with Gasteiger partial charge in [0.25, 0.3) is 0 Å². The predicted octanol–water partition coefficient (Wildman–Crippen LogP) is 2.55. The van der Waals surface area contributed by atoms with Crippen molar-refractivity contribution < 1.29 is 19.0 Å². The van der Waals surface area contributed by atoms with Crippen LogP contribution in [0.15, 0.2) is 18.2 Å². The average Bonchev–Trinajstić information content (AvgIpc) is 3.49. The maximum absolute atomic E-state index is 12.2. The summed E-state index contributed by atoms with van der Waals surface area (Å²) in [7, 11) is 3.22. The van der Waals surface area contributed by atoms with Crippen molar-refractivity contribution in [2.24, 2.45) is 17.6 Å². The first-order valence-electron chi connectivity index (χ1n) is 9.08. The van der Waals surface area contributed by atoms with E-state index in [0.29, 0.717) is 43.3 Å². The van der Waals surface area contributed by atoms with Gasteiger partial charge in [-0.1, -0.05) is 6.07 Å². The third kappa shape index (κ3) is 3.49. The van der Waals surface area contributed by atoms with Crippen molar-refractivity contribution in [1.82, 2.24) is 0 Å². The SMILES string of the molecule is COc1ccc(C2(C#N)CCC(OC)CC2C(N)=O)cc1OCC1CC1. The predicted molar refractivity (Wildman–Crippen MR) is 95.8 cm³/mol. The fourth-order valence-corrected chi connectivity index (χ4v) is 3.82. The fraction of sp³-hybridized carbons (Fsp3) is 0.600. The minimum Gasteiger partial charge on any atom is -0.493 e. The van der Waals surface area contributed by atoms with Gasteiger partial charge in [-0.3, -0.25) is 4.79 Å². The van der Waals surface area contributed by atoms with Crippen molar-refractivity contribution >= 4 is 5.91 Å². The summed E-state index contributed by atoms with van der Waals surface area (Å²) in [4.78, 5) is 12.2. The van der Waals surface area contributed by atoms with Crippen LogP contribution in [0.25, 0.3) is 0 Å². The first-order valence-corrected chi connectivity index (χ1v) is 9.08. The van der Waals surface area contributed by atoms with Crippen molar-refractivity contribution in [3.05, 3.63) is 23.8 Å². The third-order valence-corrected chi connectivity index (χ3v) is 5.68. The summed E-state index contributed by atoms with van der Waals surface area (Å²) in [6, 6.07) is 7.88. The second kappa shape index (κ2) is 7.55. The Morgan fingerprint density at radius 3 is 2.65 bits per heavy atom. The number of carbonyl (C=O) groups is 1. The van der Waals surface area contributed by atoms with Crippen LogP contribution >= 0.6 is 0 Å². The zero-order valence-electron chi connectivity index (χ0n) is 15.4. The summed E-state index contributed by atoms with van der Waals surface area (Å²) in [5.41, 5.74) is 5.46. The largest absolute Gasteiger partial charge is 0.493 e. The monoisotopic (exact) mass is 358 g/mol. The molecule has 0 saturated heterocycles. The molecule has 2 aliphatic rings. The van der Waals surface area contributed by atoms with E-state index in [2.05, 4.69) is 6.07 Å². The molecule has 1 amide bonds. The molecule has 6 nitrogen and oxygen atoms in total. The summed E-state index contributed by atoms with van der Waals surface area (Å²) in [6.07, 6.45) is 3.99. The highest BCUT2D eigenvalue weighted by molar-refractivity contribution is 5.80.